The number of carbonyl (C=O) groups excluding carboxylic acids is 1. The molecule has 1 amide bonds. The highest BCUT2D eigenvalue weighted by Crippen LogP contribution is 2.45. The van der Waals surface area contributed by atoms with Gasteiger partial charge in [0.25, 0.3) is 0 Å². The Hall–Kier alpha value is -2.24. The van der Waals surface area contributed by atoms with Crippen LogP contribution in [-0.2, 0) is 16.1 Å². The minimum absolute atomic E-state index is 0.0497. The molecule has 4 rings (SSSR count). The molecule has 2 aliphatic rings. The van der Waals surface area contributed by atoms with Crippen molar-refractivity contribution in [2.75, 3.05) is 26.8 Å². The molecule has 2 aromatic carbocycles. The monoisotopic (exact) mass is 396 g/mol. The number of hydrogen-bond donors (Lipinski definition) is 0. The Labute approximate surface area is 172 Å². The Kier molecular flexibility index (Phi) is 6.26. The van der Waals surface area contributed by atoms with Crippen molar-refractivity contribution in [1.82, 2.24) is 9.80 Å². The molecule has 0 radical (unpaired) electrons. The molecule has 2 aliphatic heterocycles. The number of halogens is 1. The summed E-state index contributed by atoms with van der Waals surface area (Å²) < 4.78 is 19.5. The minimum Gasteiger partial charge on any atom is -0.383 e. The SMILES string of the molecule is COCCN(Cc1ccccc1F)C(=O)[C@H]1C[C@@H](c2ccccc2)N2CCC[C@H]12. The van der Waals surface area contributed by atoms with Crippen molar-refractivity contribution in [3.63, 3.8) is 0 Å². The molecule has 3 atom stereocenters. The highest BCUT2D eigenvalue weighted by Gasteiger charge is 2.48. The average molecular weight is 397 g/mol. The Balaban J connectivity index is 1.55. The first kappa shape index (κ1) is 20.0. The lowest BCUT2D eigenvalue weighted by atomic mass is 9.93. The highest BCUT2D eigenvalue weighted by atomic mass is 19.1. The molecule has 154 valence electrons. The second-order valence-electron chi connectivity index (χ2n) is 8.06. The number of nitrogens with zero attached hydrogens (tertiary/aromatic N) is 2. The fourth-order valence-electron chi connectivity index (χ4n) is 4.97. The van der Waals surface area contributed by atoms with Crippen LogP contribution in [0, 0.1) is 11.7 Å². The summed E-state index contributed by atoms with van der Waals surface area (Å²) in [5.74, 6) is -0.189. The predicted molar refractivity (Wildman–Crippen MR) is 111 cm³/mol. The average Bonchev–Trinajstić information content (AvgIpc) is 3.35. The predicted octanol–water partition coefficient (Wildman–Crippen LogP) is 4.03. The summed E-state index contributed by atoms with van der Waals surface area (Å²) in [5.41, 5.74) is 1.84. The second-order valence-corrected chi connectivity index (χ2v) is 8.06. The molecule has 2 heterocycles. The van der Waals surface area contributed by atoms with E-state index in [1.807, 2.05) is 12.1 Å². The molecule has 0 aliphatic carbocycles. The maximum Gasteiger partial charge on any atom is 0.227 e. The fourth-order valence-corrected chi connectivity index (χ4v) is 4.97. The third-order valence-electron chi connectivity index (χ3n) is 6.38. The van der Waals surface area contributed by atoms with Crippen molar-refractivity contribution < 1.29 is 13.9 Å². The topological polar surface area (TPSA) is 32.8 Å². The number of methoxy groups -OCH3 is 1. The van der Waals surface area contributed by atoms with Gasteiger partial charge in [-0.3, -0.25) is 9.69 Å². The maximum absolute atomic E-state index is 14.2. The van der Waals surface area contributed by atoms with Crippen LogP contribution in [0.25, 0.3) is 0 Å². The second kappa shape index (κ2) is 9.06. The summed E-state index contributed by atoms with van der Waals surface area (Å²) in [6, 6.07) is 17.8. The van der Waals surface area contributed by atoms with Crippen LogP contribution in [0.4, 0.5) is 4.39 Å². The van der Waals surface area contributed by atoms with Crippen LogP contribution in [0.15, 0.2) is 54.6 Å². The van der Waals surface area contributed by atoms with E-state index in [0.717, 1.165) is 25.8 Å². The van der Waals surface area contributed by atoms with E-state index in [2.05, 4.69) is 29.2 Å². The van der Waals surface area contributed by atoms with Gasteiger partial charge < -0.3 is 9.64 Å². The van der Waals surface area contributed by atoms with Gasteiger partial charge in [0.05, 0.1) is 12.5 Å². The Bertz CT molecular complexity index is 829. The number of benzene rings is 2. The molecule has 0 bridgehead atoms. The van der Waals surface area contributed by atoms with Crippen LogP contribution < -0.4 is 0 Å². The quantitative estimate of drug-likeness (QED) is 0.709. The van der Waals surface area contributed by atoms with Gasteiger partial charge in [0.2, 0.25) is 5.91 Å². The zero-order valence-corrected chi connectivity index (χ0v) is 17.0. The molecule has 2 aromatic rings. The molecule has 2 fully saturated rings. The van der Waals surface area contributed by atoms with Gasteiger partial charge in [0.15, 0.2) is 0 Å². The molecule has 5 heteroatoms. The molecule has 0 unspecified atom stereocenters. The zero-order chi connectivity index (χ0) is 20.2. The first-order valence-corrected chi connectivity index (χ1v) is 10.5. The van der Waals surface area contributed by atoms with Crippen molar-refractivity contribution in [1.29, 1.82) is 0 Å². The summed E-state index contributed by atoms with van der Waals surface area (Å²) in [4.78, 5) is 17.9. The first-order valence-electron chi connectivity index (χ1n) is 10.5. The van der Waals surface area contributed by atoms with Gasteiger partial charge in [-0.25, -0.2) is 4.39 Å². The summed E-state index contributed by atoms with van der Waals surface area (Å²) in [6.45, 7) is 2.25. The Morgan fingerprint density at radius 3 is 2.69 bits per heavy atom. The molecule has 0 saturated carbocycles. The van der Waals surface area contributed by atoms with Crippen LogP contribution in [-0.4, -0.2) is 48.6 Å². The van der Waals surface area contributed by atoms with Crippen molar-refractivity contribution in [2.24, 2.45) is 5.92 Å². The van der Waals surface area contributed by atoms with Crippen LogP contribution in [0.1, 0.15) is 36.4 Å². The van der Waals surface area contributed by atoms with E-state index in [0.29, 0.717) is 18.7 Å². The van der Waals surface area contributed by atoms with Gasteiger partial charge in [-0.1, -0.05) is 48.5 Å². The summed E-state index contributed by atoms with van der Waals surface area (Å²) in [5, 5.41) is 0. The highest BCUT2D eigenvalue weighted by molar-refractivity contribution is 5.80. The van der Waals surface area contributed by atoms with Crippen LogP contribution in [0.5, 0.6) is 0 Å². The molecule has 0 aromatic heterocycles. The van der Waals surface area contributed by atoms with Crippen molar-refractivity contribution >= 4 is 5.91 Å². The summed E-state index contributed by atoms with van der Waals surface area (Å²) in [6.07, 6.45) is 3.01. The number of rotatable bonds is 7. The molecule has 29 heavy (non-hydrogen) atoms. The van der Waals surface area contributed by atoms with Gasteiger partial charge in [-0.05, 0) is 37.4 Å². The summed E-state index contributed by atoms with van der Waals surface area (Å²) >= 11 is 0. The lowest BCUT2D eigenvalue weighted by Crippen LogP contribution is -2.41. The van der Waals surface area contributed by atoms with Gasteiger partial charge in [-0.15, -0.1) is 0 Å². The van der Waals surface area contributed by atoms with Gasteiger partial charge in [0, 0.05) is 37.8 Å². The van der Waals surface area contributed by atoms with Crippen molar-refractivity contribution in [3.05, 3.63) is 71.5 Å². The van der Waals surface area contributed by atoms with Crippen LogP contribution in [0.3, 0.4) is 0 Å². The number of carbonyl (C=O) groups is 1. The van der Waals surface area contributed by atoms with Crippen LogP contribution in [0.2, 0.25) is 0 Å². The third-order valence-corrected chi connectivity index (χ3v) is 6.38. The molecule has 0 spiro atoms. The lowest BCUT2D eigenvalue weighted by molar-refractivity contribution is -0.137. The molecule has 2 saturated heterocycles. The van der Waals surface area contributed by atoms with E-state index in [9.17, 15) is 9.18 Å². The maximum atomic E-state index is 14.2. The zero-order valence-electron chi connectivity index (χ0n) is 17.0. The lowest BCUT2D eigenvalue weighted by Gasteiger charge is -2.28. The summed E-state index contributed by atoms with van der Waals surface area (Å²) in [7, 11) is 1.63. The van der Waals surface area contributed by atoms with E-state index in [4.69, 9.17) is 4.74 Å². The normalized spacial score (nSPS) is 23.9. The van der Waals surface area contributed by atoms with E-state index < -0.39 is 0 Å². The molecular weight excluding hydrogens is 367 g/mol. The standard InChI is InChI=1S/C24H29FN2O2/c1-29-15-14-26(17-19-10-5-6-11-21(19)25)24(28)20-16-23(18-8-3-2-4-9-18)27-13-7-12-22(20)27/h2-6,8-11,20,22-23H,7,12-17H2,1H3/t20-,22+,23-/m0/s1. The minimum atomic E-state index is -0.265. The third kappa shape index (κ3) is 4.21. The van der Waals surface area contributed by atoms with E-state index in [-0.39, 0.29) is 36.3 Å². The first-order chi connectivity index (χ1) is 14.2. The smallest absolute Gasteiger partial charge is 0.227 e. The van der Waals surface area contributed by atoms with Crippen molar-refractivity contribution in [2.45, 2.75) is 37.9 Å². The number of fused-ring (bicyclic) bond motifs is 1. The Morgan fingerprint density at radius 2 is 1.93 bits per heavy atom. The Morgan fingerprint density at radius 1 is 1.17 bits per heavy atom. The fraction of sp³-hybridized carbons (Fsp3) is 0.458. The van der Waals surface area contributed by atoms with Gasteiger partial charge in [-0.2, -0.15) is 0 Å². The van der Waals surface area contributed by atoms with Crippen LogP contribution >= 0.6 is 0 Å². The number of hydrogen-bond acceptors (Lipinski definition) is 3. The molecule has 0 N–H and O–H groups in total. The molecule has 4 nitrogen and oxygen atoms in total. The van der Waals surface area contributed by atoms with E-state index in [1.54, 1.807) is 24.1 Å². The number of ether oxygens (including phenoxy) is 1. The van der Waals surface area contributed by atoms with Crippen molar-refractivity contribution in [3.8, 4) is 0 Å². The van der Waals surface area contributed by atoms with E-state index in [1.165, 1.54) is 11.6 Å². The largest absolute Gasteiger partial charge is 0.383 e. The van der Waals surface area contributed by atoms with Gasteiger partial charge in [0.1, 0.15) is 5.82 Å². The van der Waals surface area contributed by atoms with E-state index >= 15 is 0 Å². The van der Waals surface area contributed by atoms with Gasteiger partial charge >= 0.3 is 0 Å². The number of amides is 1. The molecular formula is C24H29FN2O2.